The molecule has 1 aliphatic heterocycles. The van der Waals surface area contributed by atoms with Crippen LogP contribution in [0.2, 0.25) is 0 Å². The van der Waals surface area contributed by atoms with Crippen LogP contribution in [-0.2, 0) is 11.3 Å². The van der Waals surface area contributed by atoms with E-state index in [2.05, 4.69) is 6.92 Å². The maximum absolute atomic E-state index is 12.6. The van der Waals surface area contributed by atoms with Crippen molar-refractivity contribution in [1.82, 2.24) is 9.47 Å². The van der Waals surface area contributed by atoms with Crippen LogP contribution in [0.3, 0.4) is 0 Å². The van der Waals surface area contributed by atoms with Crippen molar-refractivity contribution < 1.29 is 9.21 Å². The van der Waals surface area contributed by atoms with Crippen LogP contribution < -0.4 is 5.76 Å². The minimum atomic E-state index is -0.463. The van der Waals surface area contributed by atoms with Gasteiger partial charge in [0.15, 0.2) is 5.58 Å². The lowest BCUT2D eigenvalue weighted by atomic mass is 10.00. The summed E-state index contributed by atoms with van der Waals surface area (Å²) in [6.45, 7) is 2.96. The van der Waals surface area contributed by atoms with Gasteiger partial charge in [0.2, 0.25) is 5.91 Å². The SMILES string of the molecule is CC[C@H]1CCCCN1C(=O)Cn1c(=O)oc2ccccc21. The molecule has 0 radical (unpaired) electrons. The van der Waals surface area contributed by atoms with Gasteiger partial charge in [0.05, 0.1) is 5.52 Å². The molecule has 0 saturated carbocycles. The molecule has 0 N–H and O–H groups in total. The summed E-state index contributed by atoms with van der Waals surface area (Å²) in [6.07, 6.45) is 4.25. The molecule has 1 amide bonds. The minimum Gasteiger partial charge on any atom is -0.408 e. The maximum atomic E-state index is 12.6. The third-order valence-corrected chi connectivity index (χ3v) is 4.29. The predicted molar refractivity (Wildman–Crippen MR) is 80.1 cm³/mol. The van der Waals surface area contributed by atoms with Crippen molar-refractivity contribution in [3.05, 3.63) is 34.8 Å². The molecule has 21 heavy (non-hydrogen) atoms. The van der Waals surface area contributed by atoms with Crippen molar-refractivity contribution in [3.8, 4) is 0 Å². The molecule has 2 aromatic rings. The van der Waals surface area contributed by atoms with Crippen molar-refractivity contribution >= 4 is 17.0 Å². The summed E-state index contributed by atoms with van der Waals surface area (Å²) in [4.78, 5) is 26.4. The van der Waals surface area contributed by atoms with Gasteiger partial charge < -0.3 is 9.32 Å². The molecule has 1 fully saturated rings. The highest BCUT2D eigenvalue weighted by atomic mass is 16.4. The van der Waals surface area contributed by atoms with E-state index in [1.807, 2.05) is 17.0 Å². The van der Waals surface area contributed by atoms with E-state index in [0.29, 0.717) is 17.1 Å². The second kappa shape index (κ2) is 5.76. The molecule has 5 nitrogen and oxygen atoms in total. The second-order valence-corrected chi connectivity index (χ2v) is 5.57. The van der Waals surface area contributed by atoms with Gasteiger partial charge in [-0.1, -0.05) is 19.1 Å². The molecule has 5 heteroatoms. The summed E-state index contributed by atoms with van der Waals surface area (Å²) in [5, 5.41) is 0. The molecule has 0 bridgehead atoms. The van der Waals surface area contributed by atoms with E-state index in [4.69, 9.17) is 4.42 Å². The monoisotopic (exact) mass is 288 g/mol. The van der Waals surface area contributed by atoms with Crippen molar-refractivity contribution in [2.45, 2.75) is 45.2 Å². The largest absolute Gasteiger partial charge is 0.420 e. The molecular formula is C16H20N2O3. The van der Waals surface area contributed by atoms with Crippen LogP contribution in [0.5, 0.6) is 0 Å². The first-order valence-electron chi connectivity index (χ1n) is 7.58. The van der Waals surface area contributed by atoms with Crippen molar-refractivity contribution in [1.29, 1.82) is 0 Å². The third kappa shape index (κ3) is 2.60. The number of para-hydroxylation sites is 2. The highest BCUT2D eigenvalue weighted by Gasteiger charge is 2.26. The smallest absolute Gasteiger partial charge is 0.408 e. The Kier molecular flexibility index (Phi) is 3.82. The number of nitrogens with zero attached hydrogens (tertiary/aromatic N) is 2. The minimum absolute atomic E-state index is 0.00945. The van der Waals surface area contributed by atoms with Gasteiger partial charge in [-0.3, -0.25) is 9.36 Å². The van der Waals surface area contributed by atoms with E-state index in [1.165, 1.54) is 11.0 Å². The summed E-state index contributed by atoms with van der Waals surface area (Å²) in [7, 11) is 0. The Hall–Kier alpha value is -2.04. The molecule has 0 aliphatic carbocycles. The molecule has 3 rings (SSSR count). The van der Waals surface area contributed by atoms with E-state index in [-0.39, 0.29) is 12.5 Å². The van der Waals surface area contributed by atoms with E-state index in [9.17, 15) is 9.59 Å². The van der Waals surface area contributed by atoms with Gasteiger partial charge in [0.1, 0.15) is 6.54 Å². The zero-order chi connectivity index (χ0) is 14.8. The van der Waals surface area contributed by atoms with Gasteiger partial charge in [-0.15, -0.1) is 0 Å². The van der Waals surface area contributed by atoms with E-state index in [1.54, 1.807) is 12.1 Å². The number of aromatic nitrogens is 1. The lowest BCUT2D eigenvalue weighted by Gasteiger charge is -2.35. The summed E-state index contributed by atoms with van der Waals surface area (Å²) in [5.74, 6) is -0.454. The molecule has 1 aromatic carbocycles. The number of carbonyl (C=O) groups is 1. The number of oxazole rings is 1. The zero-order valence-corrected chi connectivity index (χ0v) is 12.2. The average molecular weight is 288 g/mol. The number of likely N-dealkylation sites (tertiary alicyclic amines) is 1. The first-order valence-corrected chi connectivity index (χ1v) is 7.58. The number of benzene rings is 1. The van der Waals surface area contributed by atoms with E-state index in [0.717, 1.165) is 25.8 Å². The van der Waals surface area contributed by atoms with Crippen LogP contribution in [0, 0.1) is 0 Å². The highest BCUT2D eigenvalue weighted by Crippen LogP contribution is 2.20. The average Bonchev–Trinajstić information content (AvgIpc) is 2.83. The third-order valence-electron chi connectivity index (χ3n) is 4.29. The number of rotatable bonds is 3. The van der Waals surface area contributed by atoms with Crippen LogP contribution >= 0.6 is 0 Å². The Balaban J connectivity index is 1.86. The highest BCUT2D eigenvalue weighted by molar-refractivity contribution is 5.79. The molecule has 112 valence electrons. The quantitative estimate of drug-likeness (QED) is 0.871. The molecule has 0 unspecified atom stereocenters. The molecule has 1 saturated heterocycles. The summed E-state index contributed by atoms with van der Waals surface area (Å²) < 4.78 is 6.61. The lowest BCUT2D eigenvalue weighted by molar-refractivity contribution is -0.135. The Morgan fingerprint density at radius 3 is 2.95 bits per heavy atom. The van der Waals surface area contributed by atoms with Crippen molar-refractivity contribution in [2.75, 3.05) is 6.54 Å². The van der Waals surface area contributed by atoms with E-state index < -0.39 is 5.76 Å². The fourth-order valence-electron chi connectivity index (χ4n) is 3.14. The standard InChI is InChI=1S/C16H20N2O3/c1-2-12-7-5-6-10-17(12)15(19)11-18-13-8-3-4-9-14(13)21-16(18)20/h3-4,8-9,12H,2,5-7,10-11H2,1H3/t12-/m0/s1. The first kappa shape index (κ1) is 13.9. The number of hydrogen-bond acceptors (Lipinski definition) is 3. The Morgan fingerprint density at radius 2 is 2.14 bits per heavy atom. The fourth-order valence-corrected chi connectivity index (χ4v) is 3.14. The van der Waals surface area contributed by atoms with Gasteiger partial charge in [0, 0.05) is 12.6 Å². The van der Waals surface area contributed by atoms with Crippen LogP contribution in [0.25, 0.3) is 11.1 Å². The number of piperidine rings is 1. The van der Waals surface area contributed by atoms with Gasteiger partial charge in [0.25, 0.3) is 0 Å². The zero-order valence-electron chi connectivity index (χ0n) is 12.2. The van der Waals surface area contributed by atoms with E-state index >= 15 is 0 Å². The summed E-state index contributed by atoms with van der Waals surface area (Å²) in [6, 6.07) is 7.51. The molecular weight excluding hydrogens is 268 g/mol. The first-order chi connectivity index (χ1) is 10.2. The summed E-state index contributed by atoms with van der Waals surface area (Å²) >= 11 is 0. The van der Waals surface area contributed by atoms with Crippen LogP contribution in [0.4, 0.5) is 0 Å². The van der Waals surface area contributed by atoms with Gasteiger partial charge in [-0.2, -0.15) is 0 Å². The number of fused-ring (bicyclic) bond motifs is 1. The molecule has 0 spiro atoms. The molecule has 1 aliphatic rings. The Labute approximate surface area is 123 Å². The number of carbonyl (C=O) groups excluding carboxylic acids is 1. The lowest BCUT2D eigenvalue weighted by Crippen LogP contribution is -2.45. The Bertz CT molecular complexity index is 701. The normalized spacial score (nSPS) is 19.1. The fraction of sp³-hybridized carbons (Fsp3) is 0.500. The van der Waals surface area contributed by atoms with Gasteiger partial charge in [-0.05, 0) is 37.8 Å². The maximum Gasteiger partial charge on any atom is 0.420 e. The number of amides is 1. The van der Waals surface area contributed by atoms with Crippen LogP contribution in [0.15, 0.2) is 33.5 Å². The molecule has 2 heterocycles. The number of hydrogen-bond donors (Lipinski definition) is 0. The summed E-state index contributed by atoms with van der Waals surface area (Å²) in [5.41, 5.74) is 1.21. The van der Waals surface area contributed by atoms with Crippen LogP contribution in [-0.4, -0.2) is 28.0 Å². The van der Waals surface area contributed by atoms with Crippen molar-refractivity contribution in [3.63, 3.8) is 0 Å². The second-order valence-electron chi connectivity index (χ2n) is 5.57. The van der Waals surface area contributed by atoms with Gasteiger partial charge in [-0.25, -0.2) is 4.79 Å². The van der Waals surface area contributed by atoms with Crippen molar-refractivity contribution in [2.24, 2.45) is 0 Å². The molecule has 1 aromatic heterocycles. The van der Waals surface area contributed by atoms with Gasteiger partial charge >= 0.3 is 5.76 Å². The Morgan fingerprint density at radius 1 is 1.33 bits per heavy atom. The predicted octanol–water partition coefficient (Wildman–Crippen LogP) is 2.39. The topological polar surface area (TPSA) is 55.5 Å². The molecule has 1 atom stereocenters. The van der Waals surface area contributed by atoms with Crippen LogP contribution in [0.1, 0.15) is 32.6 Å².